The van der Waals surface area contributed by atoms with Gasteiger partial charge in [0.25, 0.3) is 5.56 Å². The van der Waals surface area contributed by atoms with E-state index in [1.807, 2.05) is 12.1 Å². The van der Waals surface area contributed by atoms with Crippen LogP contribution in [0, 0.1) is 5.92 Å². The van der Waals surface area contributed by atoms with Crippen LogP contribution in [0.2, 0.25) is 0 Å². The Labute approximate surface area is 164 Å². The van der Waals surface area contributed by atoms with Gasteiger partial charge in [0.1, 0.15) is 6.54 Å². The number of ether oxygens (including phenoxy) is 1. The van der Waals surface area contributed by atoms with E-state index in [4.69, 9.17) is 4.74 Å². The maximum atomic E-state index is 12.6. The molecule has 1 saturated carbocycles. The van der Waals surface area contributed by atoms with Gasteiger partial charge in [-0.15, -0.1) is 0 Å². The third-order valence-electron chi connectivity index (χ3n) is 5.81. The van der Waals surface area contributed by atoms with E-state index in [0.717, 1.165) is 52.1 Å². The van der Waals surface area contributed by atoms with Gasteiger partial charge in [-0.05, 0) is 37.3 Å². The highest BCUT2D eigenvalue weighted by Crippen LogP contribution is 2.25. The van der Waals surface area contributed by atoms with E-state index >= 15 is 0 Å². The topological polar surface area (TPSA) is 76.5 Å². The smallest absolute Gasteiger partial charge is 0.261 e. The normalized spacial score (nSPS) is 23.6. The molecule has 2 aliphatic rings. The lowest BCUT2D eigenvalue weighted by molar-refractivity contribution is -0.122. The largest absolute Gasteiger partial charge is 0.379 e. The maximum absolute atomic E-state index is 12.6. The van der Waals surface area contributed by atoms with Gasteiger partial charge < -0.3 is 10.1 Å². The Balaban J connectivity index is 1.33. The Morgan fingerprint density at radius 2 is 2.04 bits per heavy atom. The van der Waals surface area contributed by atoms with Crippen molar-refractivity contribution in [2.45, 2.75) is 38.3 Å². The Morgan fingerprint density at radius 3 is 2.89 bits per heavy atom. The molecule has 1 aliphatic carbocycles. The number of benzene rings is 1. The van der Waals surface area contributed by atoms with Gasteiger partial charge in [0.05, 0.1) is 30.4 Å². The van der Waals surface area contributed by atoms with Crippen molar-refractivity contribution in [3.63, 3.8) is 0 Å². The Bertz CT molecular complexity index is 875. The molecule has 7 nitrogen and oxygen atoms in total. The first-order chi connectivity index (χ1) is 13.7. The highest BCUT2D eigenvalue weighted by molar-refractivity contribution is 5.79. The summed E-state index contributed by atoms with van der Waals surface area (Å²) in [7, 11) is 0. The molecule has 0 unspecified atom stereocenters. The Morgan fingerprint density at radius 1 is 1.21 bits per heavy atom. The summed E-state index contributed by atoms with van der Waals surface area (Å²) in [6.07, 6.45) is 5.84. The lowest BCUT2D eigenvalue weighted by Crippen LogP contribution is -2.44. The molecular formula is C21H28N4O3. The predicted octanol–water partition coefficient (Wildman–Crippen LogP) is 1.40. The third-order valence-corrected chi connectivity index (χ3v) is 5.81. The first-order valence-corrected chi connectivity index (χ1v) is 10.2. The first kappa shape index (κ1) is 19.1. The van der Waals surface area contributed by atoms with Crippen LogP contribution < -0.4 is 10.9 Å². The van der Waals surface area contributed by atoms with Crippen molar-refractivity contribution in [2.24, 2.45) is 5.92 Å². The highest BCUT2D eigenvalue weighted by Gasteiger charge is 2.25. The molecule has 1 saturated heterocycles. The second-order valence-electron chi connectivity index (χ2n) is 7.90. The van der Waals surface area contributed by atoms with Gasteiger partial charge >= 0.3 is 0 Å². The van der Waals surface area contributed by atoms with Crippen LogP contribution in [0.25, 0.3) is 10.9 Å². The van der Waals surface area contributed by atoms with Crippen molar-refractivity contribution in [1.29, 1.82) is 0 Å². The number of nitrogens with one attached hydrogen (secondary N) is 1. The summed E-state index contributed by atoms with van der Waals surface area (Å²) >= 11 is 0. The van der Waals surface area contributed by atoms with Crippen LogP contribution in [0.5, 0.6) is 0 Å². The summed E-state index contributed by atoms with van der Waals surface area (Å²) < 4.78 is 6.82. The second-order valence-corrected chi connectivity index (χ2v) is 7.90. The van der Waals surface area contributed by atoms with Crippen molar-refractivity contribution < 1.29 is 9.53 Å². The van der Waals surface area contributed by atoms with Gasteiger partial charge in [-0.25, -0.2) is 4.98 Å². The lowest BCUT2D eigenvalue weighted by atomic mass is 9.85. The van der Waals surface area contributed by atoms with Crippen LogP contribution in [0.1, 0.15) is 25.7 Å². The van der Waals surface area contributed by atoms with Crippen molar-refractivity contribution in [3.8, 4) is 0 Å². The fourth-order valence-electron chi connectivity index (χ4n) is 4.38. The van der Waals surface area contributed by atoms with Gasteiger partial charge in [-0.2, -0.15) is 0 Å². The summed E-state index contributed by atoms with van der Waals surface area (Å²) in [5.74, 6) is 0.499. The fourth-order valence-corrected chi connectivity index (χ4v) is 4.38. The molecule has 2 fully saturated rings. The summed E-state index contributed by atoms with van der Waals surface area (Å²) in [6.45, 7) is 4.75. The SMILES string of the molecule is O=C(Cn1cnc2ccccc2c1=O)N[C@H]1CCC[C@@H](CN2CCOCC2)C1. The summed E-state index contributed by atoms with van der Waals surface area (Å²) in [5.41, 5.74) is 0.483. The van der Waals surface area contributed by atoms with Crippen LogP contribution in [0.3, 0.4) is 0 Å². The number of aromatic nitrogens is 2. The van der Waals surface area contributed by atoms with E-state index in [1.165, 1.54) is 17.3 Å². The van der Waals surface area contributed by atoms with Gasteiger partial charge in [0, 0.05) is 25.7 Å². The number of hydrogen-bond acceptors (Lipinski definition) is 5. The first-order valence-electron chi connectivity index (χ1n) is 10.2. The molecule has 1 amide bonds. The molecule has 7 heteroatoms. The van der Waals surface area contributed by atoms with Gasteiger partial charge in [-0.1, -0.05) is 18.6 Å². The summed E-state index contributed by atoms with van der Waals surface area (Å²) in [5, 5.41) is 3.68. The molecule has 0 spiro atoms. The molecule has 150 valence electrons. The van der Waals surface area contributed by atoms with E-state index < -0.39 is 0 Å². The molecule has 28 heavy (non-hydrogen) atoms. The zero-order valence-corrected chi connectivity index (χ0v) is 16.2. The van der Waals surface area contributed by atoms with Gasteiger partial charge in [-0.3, -0.25) is 19.1 Å². The van der Waals surface area contributed by atoms with E-state index in [0.29, 0.717) is 16.8 Å². The molecule has 2 heterocycles. The number of amides is 1. The average Bonchev–Trinajstić information content (AvgIpc) is 2.71. The molecule has 2 atom stereocenters. The number of hydrogen-bond donors (Lipinski definition) is 1. The van der Waals surface area contributed by atoms with E-state index in [2.05, 4.69) is 15.2 Å². The van der Waals surface area contributed by atoms with Crippen LogP contribution in [0.15, 0.2) is 35.4 Å². The quantitative estimate of drug-likeness (QED) is 0.843. The molecule has 1 aromatic heterocycles. The second kappa shape index (κ2) is 8.84. The van der Waals surface area contributed by atoms with Crippen LogP contribution >= 0.6 is 0 Å². The Kier molecular flexibility index (Phi) is 6.02. The van der Waals surface area contributed by atoms with Crippen LogP contribution in [0.4, 0.5) is 0 Å². The third kappa shape index (κ3) is 4.59. The fraction of sp³-hybridized carbons (Fsp3) is 0.571. The van der Waals surface area contributed by atoms with E-state index in [9.17, 15) is 9.59 Å². The molecule has 1 aromatic carbocycles. The number of morpholine rings is 1. The Hall–Kier alpha value is -2.25. The number of nitrogens with zero attached hydrogens (tertiary/aromatic N) is 3. The molecule has 2 aromatic rings. The number of fused-ring (bicyclic) bond motifs is 1. The number of para-hydroxylation sites is 1. The van der Waals surface area contributed by atoms with Crippen molar-refractivity contribution in [3.05, 3.63) is 40.9 Å². The van der Waals surface area contributed by atoms with Gasteiger partial charge in [0.15, 0.2) is 0 Å². The van der Waals surface area contributed by atoms with Crippen molar-refractivity contribution >= 4 is 16.8 Å². The average molecular weight is 384 g/mol. The molecule has 0 radical (unpaired) electrons. The number of carbonyl (C=O) groups excluding carboxylic acids is 1. The van der Waals surface area contributed by atoms with Crippen molar-refractivity contribution in [1.82, 2.24) is 19.8 Å². The minimum Gasteiger partial charge on any atom is -0.379 e. The van der Waals surface area contributed by atoms with Crippen LogP contribution in [-0.4, -0.2) is 59.2 Å². The molecule has 1 aliphatic heterocycles. The van der Waals surface area contributed by atoms with E-state index in [-0.39, 0.29) is 24.1 Å². The zero-order valence-electron chi connectivity index (χ0n) is 16.2. The zero-order chi connectivity index (χ0) is 19.3. The molecular weight excluding hydrogens is 356 g/mol. The maximum Gasteiger partial charge on any atom is 0.261 e. The standard InChI is InChI=1S/C21H28N4O3/c26-20(14-25-15-22-19-7-2-1-6-18(19)21(25)27)23-17-5-3-4-16(12-17)13-24-8-10-28-11-9-24/h1-2,6-7,15-17H,3-5,8-14H2,(H,23,26)/t16-,17+/m1/s1. The van der Waals surface area contributed by atoms with Crippen LogP contribution in [-0.2, 0) is 16.1 Å². The highest BCUT2D eigenvalue weighted by atomic mass is 16.5. The predicted molar refractivity (Wildman–Crippen MR) is 107 cm³/mol. The molecule has 1 N–H and O–H groups in total. The lowest BCUT2D eigenvalue weighted by Gasteiger charge is -2.35. The van der Waals surface area contributed by atoms with Crippen molar-refractivity contribution in [2.75, 3.05) is 32.8 Å². The van der Waals surface area contributed by atoms with E-state index in [1.54, 1.807) is 12.1 Å². The number of rotatable bonds is 5. The molecule has 0 bridgehead atoms. The minimum atomic E-state index is -0.172. The monoisotopic (exact) mass is 384 g/mol. The summed E-state index contributed by atoms with van der Waals surface area (Å²) in [6, 6.07) is 7.40. The number of carbonyl (C=O) groups is 1. The summed E-state index contributed by atoms with van der Waals surface area (Å²) in [4.78, 5) is 31.9. The molecule has 4 rings (SSSR count). The minimum absolute atomic E-state index is 0.0152. The van der Waals surface area contributed by atoms with Gasteiger partial charge in [0.2, 0.25) is 5.91 Å².